The molecule has 0 aromatic carbocycles. The number of hydrogen-bond acceptors (Lipinski definition) is 7. The average Bonchev–Trinajstić information content (AvgIpc) is 2.86. The molecule has 0 bridgehead atoms. The van der Waals surface area contributed by atoms with E-state index in [4.69, 9.17) is 4.74 Å². The van der Waals surface area contributed by atoms with E-state index in [1.54, 1.807) is 6.92 Å². The summed E-state index contributed by atoms with van der Waals surface area (Å²) in [6.07, 6.45) is 3.51. The van der Waals surface area contributed by atoms with Gasteiger partial charge in [-0.3, -0.25) is 0 Å². The summed E-state index contributed by atoms with van der Waals surface area (Å²) < 4.78 is 5.14. The van der Waals surface area contributed by atoms with Gasteiger partial charge < -0.3 is 15.2 Å². The lowest BCUT2D eigenvalue weighted by atomic mass is 9.92. The Morgan fingerprint density at radius 2 is 2.08 bits per heavy atom. The Bertz CT molecular complexity index is 759. The molecule has 0 radical (unpaired) electrons. The Hall–Kier alpha value is -1.73. The van der Waals surface area contributed by atoms with Gasteiger partial charge in [0.15, 0.2) is 0 Å². The lowest BCUT2D eigenvalue weighted by molar-refractivity contribution is 0.0531. The molecule has 1 aliphatic rings. The fourth-order valence-corrected chi connectivity index (χ4v) is 4.32. The first kappa shape index (κ1) is 17.1. The van der Waals surface area contributed by atoms with Crippen LogP contribution < -0.4 is 5.32 Å². The number of hydrogen-bond donors (Lipinski definition) is 2. The number of aliphatic hydroxyl groups excluding tert-OH is 1. The van der Waals surface area contributed by atoms with Crippen LogP contribution in [0.15, 0.2) is 0 Å². The molecule has 0 saturated heterocycles. The molecule has 0 spiro atoms. The highest BCUT2D eigenvalue weighted by Crippen LogP contribution is 2.35. The maximum Gasteiger partial charge on any atom is 0.348 e. The summed E-state index contributed by atoms with van der Waals surface area (Å²) in [5, 5.41) is 14.5. The first-order valence-electron chi connectivity index (χ1n) is 8.40. The zero-order valence-electron chi connectivity index (χ0n) is 14.3. The normalized spacial score (nSPS) is 21.0. The molecule has 1 fully saturated rings. The SMILES string of the molecule is CCOC(=O)c1sc2nc(C)nc(N[C@H]3CCCC[C@@H]3O)c2c1C. The third-order valence-corrected chi connectivity index (χ3v) is 5.58. The van der Waals surface area contributed by atoms with E-state index in [2.05, 4.69) is 15.3 Å². The second kappa shape index (κ2) is 7.03. The van der Waals surface area contributed by atoms with Crippen LogP contribution in [-0.4, -0.2) is 39.8 Å². The Morgan fingerprint density at radius 1 is 1.33 bits per heavy atom. The molecule has 0 amide bonds. The minimum absolute atomic E-state index is 0.0124. The summed E-state index contributed by atoms with van der Waals surface area (Å²) in [6.45, 7) is 5.87. The second-order valence-electron chi connectivity index (χ2n) is 6.18. The number of rotatable bonds is 4. The summed E-state index contributed by atoms with van der Waals surface area (Å²) in [5.41, 5.74) is 0.834. The zero-order valence-corrected chi connectivity index (χ0v) is 15.1. The van der Waals surface area contributed by atoms with Crippen LogP contribution in [0.5, 0.6) is 0 Å². The molecule has 2 aromatic heterocycles. The number of nitrogens with one attached hydrogen (secondary N) is 1. The Morgan fingerprint density at radius 3 is 2.79 bits per heavy atom. The summed E-state index contributed by atoms with van der Waals surface area (Å²) in [6, 6.07) is -0.0124. The Kier molecular flexibility index (Phi) is 5.01. The number of aromatic nitrogens is 2. The van der Waals surface area contributed by atoms with Gasteiger partial charge in [-0.15, -0.1) is 11.3 Å². The van der Waals surface area contributed by atoms with Gasteiger partial charge in [0.25, 0.3) is 0 Å². The van der Waals surface area contributed by atoms with Crippen LogP contribution >= 0.6 is 11.3 Å². The number of carbonyl (C=O) groups is 1. The van der Waals surface area contributed by atoms with Crippen LogP contribution in [0.1, 0.15) is 53.7 Å². The summed E-state index contributed by atoms with van der Waals surface area (Å²) in [5.74, 6) is 1.03. The summed E-state index contributed by atoms with van der Waals surface area (Å²) >= 11 is 1.33. The van der Waals surface area contributed by atoms with Gasteiger partial charge in [-0.1, -0.05) is 12.8 Å². The van der Waals surface area contributed by atoms with Crippen molar-refractivity contribution in [3.63, 3.8) is 0 Å². The van der Waals surface area contributed by atoms with Crippen molar-refractivity contribution >= 4 is 33.3 Å². The molecule has 3 rings (SSSR count). The molecule has 6 nitrogen and oxygen atoms in total. The molecule has 1 aliphatic carbocycles. The monoisotopic (exact) mass is 349 g/mol. The van der Waals surface area contributed by atoms with Crippen molar-refractivity contribution in [1.29, 1.82) is 0 Å². The molecule has 0 aliphatic heterocycles. The van der Waals surface area contributed by atoms with Crippen LogP contribution in [0.2, 0.25) is 0 Å². The number of aliphatic hydroxyl groups is 1. The first-order valence-corrected chi connectivity index (χ1v) is 9.22. The number of thiophene rings is 1. The van der Waals surface area contributed by atoms with Gasteiger partial charge in [-0.05, 0) is 39.2 Å². The minimum atomic E-state index is -0.368. The van der Waals surface area contributed by atoms with Crippen LogP contribution in [-0.2, 0) is 4.74 Å². The lowest BCUT2D eigenvalue weighted by Gasteiger charge is -2.29. The molecule has 2 N–H and O–H groups in total. The van der Waals surface area contributed by atoms with Crippen molar-refractivity contribution in [3.8, 4) is 0 Å². The van der Waals surface area contributed by atoms with E-state index in [1.807, 2.05) is 13.8 Å². The van der Waals surface area contributed by atoms with Crippen LogP contribution in [0.25, 0.3) is 10.2 Å². The standard InChI is InChI=1S/C17H23N3O3S/c1-4-23-17(22)14-9(2)13-15(18-10(3)19-16(13)24-14)20-11-7-5-6-8-12(11)21/h11-12,21H,4-8H2,1-3H3,(H,18,19,20)/t11-,12-/m0/s1. The predicted molar refractivity (Wildman–Crippen MR) is 94.7 cm³/mol. The third-order valence-electron chi connectivity index (χ3n) is 4.41. The topological polar surface area (TPSA) is 84.3 Å². The van der Waals surface area contributed by atoms with Crippen molar-refractivity contribution < 1.29 is 14.6 Å². The fraction of sp³-hybridized carbons (Fsp3) is 0.588. The van der Waals surface area contributed by atoms with E-state index in [0.29, 0.717) is 23.1 Å². The van der Waals surface area contributed by atoms with Gasteiger partial charge in [-0.25, -0.2) is 14.8 Å². The molecule has 2 aromatic rings. The number of nitrogens with zero attached hydrogens (tertiary/aromatic N) is 2. The van der Waals surface area contributed by atoms with Gasteiger partial charge in [0.2, 0.25) is 0 Å². The molecule has 130 valence electrons. The molecule has 2 atom stereocenters. The van der Waals surface area contributed by atoms with Crippen molar-refractivity contribution in [3.05, 3.63) is 16.3 Å². The van der Waals surface area contributed by atoms with E-state index in [-0.39, 0.29) is 18.1 Å². The highest BCUT2D eigenvalue weighted by atomic mass is 32.1. The minimum Gasteiger partial charge on any atom is -0.462 e. The smallest absolute Gasteiger partial charge is 0.348 e. The molecule has 24 heavy (non-hydrogen) atoms. The van der Waals surface area contributed by atoms with E-state index < -0.39 is 0 Å². The van der Waals surface area contributed by atoms with E-state index >= 15 is 0 Å². The van der Waals surface area contributed by atoms with Crippen LogP contribution in [0.3, 0.4) is 0 Å². The van der Waals surface area contributed by atoms with E-state index in [9.17, 15) is 9.90 Å². The van der Waals surface area contributed by atoms with Gasteiger partial charge in [-0.2, -0.15) is 0 Å². The van der Waals surface area contributed by atoms with Gasteiger partial charge in [0, 0.05) is 0 Å². The molecule has 0 unspecified atom stereocenters. The first-order chi connectivity index (χ1) is 11.5. The maximum atomic E-state index is 12.2. The third kappa shape index (κ3) is 3.23. The number of carbonyl (C=O) groups excluding carboxylic acids is 1. The molecule has 1 saturated carbocycles. The lowest BCUT2D eigenvalue weighted by Crippen LogP contribution is -2.36. The van der Waals surface area contributed by atoms with Crippen molar-refractivity contribution in [1.82, 2.24) is 9.97 Å². The molecule has 2 heterocycles. The largest absolute Gasteiger partial charge is 0.462 e. The average molecular weight is 349 g/mol. The summed E-state index contributed by atoms with van der Waals surface area (Å²) in [4.78, 5) is 22.5. The van der Waals surface area contributed by atoms with Crippen LogP contribution in [0.4, 0.5) is 5.82 Å². The molecular weight excluding hydrogens is 326 g/mol. The number of fused-ring (bicyclic) bond motifs is 1. The quantitative estimate of drug-likeness (QED) is 0.825. The Labute approximate surface area is 145 Å². The van der Waals surface area contributed by atoms with E-state index in [1.165, 1.54) is 11.3 Å². The van der Waals surface area contributed by atoms with Crippen LogP contribution in [0, 0.1) is 13.8 Å². The number of esters is 1. The molecule has 7 heteroatoms. The van der Waals surface area contributed by atoms with Crippen molar-refractivity contribution in [2.75, 3.05) is 11.9 Å². The van der Waals surface area contributed by atoms with Crippen molar-refractivity contribution in [2.24, 2.45) is 0 Å². The highest BCUT2D eigenvalue weighted by molar-refractivity contribution is 7.20. The summed E-state index contributed by atoms with van der Waals surface area (Å²) in [7, 11) is 0. The van der Waals surface area contributed by atoms with E-state index in [0.717, 1.165) is 41.5 Å². The highest BCUT2D eigenvalue weighted by Gasteiger charge is 2.26. The Balaban J connectivity index is 2.02. The van der Waals surface area contributed by atoms with Gasteiger partial charge in [0.05, 0.1) is 24.1 Å². The van der Waals surface area contributed by atoms with Crippen molar-refractivity contribution in [2.45, 2.75) is 58.6 Å². The number of anilines is 1. The van der Waals surface area contributed by atoms with Gasteiger partial charge in [0.1, 0.15) is 21.3 Å². The fourth-order valence-electron chi connectivity index (χ4n) is 3.20. The maximum absolute atomic E-state index is 12.2. The molecular formula is C17H23N3O3S. The predicted octanol–water partition coefficient (Wildman–Crippen LogP) is 3.20. The second-order valence-corrected chi connectivity index (χ2v) is 7.18. The zero-order chi connectivity index (χ0) is 17.3. The number of ether oxygens (including phenoxy) is 1. The number of aryl methyl sites for hydroxylation is 2. The van der Waals surface area contributed by atoms with Gasteiger partial charge >= 0.3 is 5.97 Å².